The molecule has 1 fully saturated rings. The summed E-state index contributed by atoms with van der Waals surface area (Å²) in [4.78, 5) is 35.4. The van der Waals surface area contributed by atoms with Gasteiger partial charge in [0.25, 0.3) is 5.69 Å². The monoisotopic (exact) mass is 475 g/mol. The third kappa shape index (κ3) is 4.55. The first-order valence-electron chi connectivity index (χ1n) is 9.05. The van der Waals surface area contributed by atoms with Crippen LogP contribution in [0.1, 0.15) is 22.0 Å². The van der Waals surface area contributed by atoms with Gasteiger partial charge in [0, 0.05) is 23.3 Å². The molecule has 1 aliphatic heterocycles. The summed E-state index contributed by atoms with van der Waals surface area (Å²) in [5.41, 5.74) is -5.95. The molecule has 0 radical (unpaired) electrons. The van der Waals surface area contributed by atoms with Gasteiger partial charge < -0.3 is 20.5 Å². The number of ketones is 1. The lowest BCUT2D eigenvalue weighted by Crippen LogP contribution is -2.72. The zero-order valence-electron chi connectivity index (χ0n) is 16.2. The molecular weight excluding hydrogens is 461 g/mol. The number of nitrogens with one attached hydrogen (secondary N) is 2. The Kier molecular flexibility index (Phi) is 6.22. The first-order valence-corrected chi connectivity index (χ1v) is 9.05. The number of nitro benzene ring substituents is 1. The normalized spacial score (nSPS) is 22.9. The third-order valence-electron chi connectivity index (χ3n) is 4.90. The van der Waals surface area contributed by atoms with Crippen LogP contribution in [-0.2, 0) is 0 Å². The molecule has 0 saturated carbocycles. The van der Waals surface area contributed by atoms with Crippen LogP contribution >= 0.6 is 0 Å². The Morgan fingerprint density at radius 3 is 2.36 bits per heavy atom. The minimum absolute atomic E-state index is 0.310. The maximum Gasteiger partial charge on any atom is 0.437 e. The molecular formula is C19H14F5N3O6. The number of hydrogen-bond acceptors (Lipinski definition) is 6. The van der Waals surface area contributed by atoms with Crippen LogP contribution in [0.2, 0.25) is 0 Å². The van der Waals surface area contributed by atoms with E-state index in [2.05, 4.69) is 4.74 Å². The van der Waals surface area contributed by atoms with Crippen LogP contribution in [0.4, 0.5) is 32.4 Å². The molecule has 0 aromatic heterocycles. The summed E-state index contributed by atoms with van der Waals surface area (Å²) in [6.07, 6.45) is -5.61. The number of benzene rings is 2. The van der Waals surface area contributed by atoms with Gasteiger partial charge in [-0.05, 0) is 6.07 Å². The number of halogens is 5. The van der Waals surface area contributed by atoms with E-state index in [1.54, 1.807) is 0 Å². The summed E-state index contributed by atoms with van der Waals surface area (Å²) >= 11 is 0. The molecule has 14 heteroatoms. The van der Waals surface area contributed by atoms with Crippen LogP contribution < -0.4 is 15.4 Å². The molecule has 33 heavy (non-hydrogen) atoms. The molecule has 0 spiro atoms. The summed E-state index contributed by atoms with van der Waals surface area (Å²) in [5, 5.41) is 24.9. The molecule has 2 amide bonds. The van der Waals surface area contributed by atoms with Gasteiger partial charge >= 0.3 is 18.8 Å². The largest absolute Gasteiger partial charge is 0.437 e. The first kappa shape index (κ1) is 23.8. The molecule has 1 saturated heterocycles. The summed E-state index contributed by atoms with van der Waals surface area (Å²) in [7, 11) is 0. The van der Waals surface area contributed by atoms with Crippen LogP contribution in [-0.4, -0.2) is 40.4 Å². The molecule has 1 heterocycles. The molecule has 3 atom stereocenters. The SMILES string of the molecule is O=C1N[C@H](c2cc([N+](=O)[O-])ccc2OC(F)F)[C@@H](C(=O)c2ccccc2)[C@](O)(C(F)(F)F)N1. The van der Waals surface area contributed by atoms with Crippen molar-refractivity contribution in [1.29, 1.82) is 0 Å². The fourth-order valence-corrected chi connectivity index (χ4v) is 3.48. The average molecular weight is 475 g/mol. The minimum atomic E-state index is -5.61. The lowest BCUT2D eigenvalue weighted by molar-refractivity contribution is -0.385. The highest BCUT2D eigenvalue weighted by Gasteiger charge is 2.66. The molecule has 3 N–H and O–H groups in total. The zero-order valence-corrected chi connectivity index (χ0v) is 16.2. The first-order chi connectivity index (χ1) is 15.3. The van der Waals surface area contributed by atoms with E-state index in [9.17, 15) is 46.8 Å². The number of aliphatic hydroxyl groups is 1. The van der Waals surface area contributed by atoms with Crippen molar-refractivity contribution in [1.82, 2.24) is 10.6 Å². The number of amides is 2. The molecule has 0 aliphatic carbocycles. The summed E-state index contributed by atoms with van der Waals surface area (Å²) in [6.45, 7) is -3.49. The molecule has 9 nitrogen and oxygen atoms in total. The van der Waals surface area contributed by atoms with E-state index in [4.69, 9.17) is 0 Å². The highest BCUT2D eigenvalue weighted by atomic mass is 19.4. The Balaban J connectivity index is 2.27. The van der Waals surface area contributed by atoms with Crippen LogP contribution in [0.15, 0.2) is 48.5 Å². The van der Waals surface area contributed by atoms with Gasteiger partial charge in [0.15, 0.2) is 5.78 Å². The number of nitrogens with zero attached hydrogens (tertiary/aromatic N) is 1. The molecule has 2 aromatic rings. The Labute approximate surface area is 181 Å². The van der Waals surface area contributed by atoms with Crippen molar-refractivity contribution < 1.29 is 46.3 Å². The number of non-ortho nitro benzene ring substituents is 1. The Morgan fingerprint density at radius 2 is 1.82 bits per heavy atom. The number of Topliss-reactive ketones (excluding diaryl/α,β-unsaturated/α-hetero) is 1. The highest BCUT2D eigenvalue weighted by molar-refractivity contribution is 6.00. The van der Waals surface area contributed by atoms with Gasteiger partial charge in [-0.15, -0.1) is 0 Å². The number of nitro groups is 1. The molecule has 1 aliphatic rings. The maximum atomic E-state index is 13.9. The van der Waals surface area contributed by atoms with Gasteiger partial charge in [0.05, 0.1) is 11.0 Å². The summed E-state index contributed by atoms with van der Waals surface area (Å²) in [5.74, 6) is -4.75. The Morgan fingerprint density at radius 1 is 1.18 bits per heavy atom. The number of rotatable bonds is 6. The molecule has 3 rings (SSSR count). The molecule has 0 unspecified atom stereocenters. The van der Waals surface area contributed by atoms with Crippen molar-refractivity contribution in [2.24, 2.45) is 5.92 Å². The zero-order chi connectivity index (χ0) is 24.6. The van der Waals surface area contributed by atoms with E-state index in [1.807, 2.05) is 5.32 Å². The van der Waals surface area contributed by atoms with Crippen LogP contribution in [0.25, 0.3) is 0 Å². The van der Waals surface area contributed by atoms with Crippen molar-refractivity contribution in [2.45, 2.75) is 24.6 Å². The second kappa shape index (κ2) is 8.61. The number of urea groups is 1. The molecule has 2 aromatic carbocycles. The van der Waals surface area contributed by atoms with Gasteiger partial charge in [-0.1, -0.05) is 30.3 Å². The van der Waals surface area contributed by atoms with E-state index in [0.29, 0.717) is 12.1 Å². The fourth-order valence-electron chi connectivity index (χ4n) is 3.48. The van der Waals surface area contributed by atoms with Gasteiger partial charge in [0.2, 0.25) is 5.72 Å². The summed E-state index contributed by atoms with van der Waals surface area (Å²) < 4.78 is 71.9. The number of hydrogen-bond donors (Lipinski definition) is 3. The second-order valence-electron chi connectivity index (χ2n) is 6.91. The maximum absolute atomic E-state index is 13.9. The fraction of sp³-hybridized carbons (Fsp3) is 0.263. The van der Waals surface area contributed by atoms with Crippen molar-refractivity contribution in [2.75, 3.05) is 0 Å². The second-order valence-corrected chi connectivity index (χ2v) is 6.91. The standard InChI is InChI=1S/C19H14F5N3O6/c20-16(21)33-12-7-6-10(27(31)32)8-11(12)14-13(15(28)9-4-2-1-3-5-9)18(30,19(22,23)24)26-17(29)25-14/h1-8,13-14,16,30H,(H2,25,26,29)/t13-,14+,18-/m0/s1. The Bertz CT molecular complexity index is 1080. The predicted molar refractivity (Wildman–Crippen MR) is 99.4 cm³/mol. The number of ether oxygens (including phenoxy) is 1. The van der Waals surface area contributed by atoms with Crippen molar-refractivity contribution in [3.8, 4) is 5.75 Å². The van der Waals surface area contributed by atoms with E-state index >= 15 is 0 Å². The van der Waals surface area contributed by atoms with Crippen molar-refractivity contribution in [3.63, 3.8) is 0 Å². The lowest BCUT2D eigenvalue weighted by atomic mass is 9.77. The van der Waals surface area contributed by atoms with E-state index in [-0.39, 0.29) is 5.56 Å². The van der Waals surface area contributed by atoms with Gasteiger partial charge in [-0.25, -0.2) is 4.79 Å². The number of carbonyl (C=O) groups is 2. The van der Waals surface area contributed by atoms with Gasteiger partial charge in [0.1, 0.15) is 11.7 Å². The van der Waals surface area contributed by atoms with E-state index < -0.39 is 64.2 Å². The average Bonchev–Trinajstić information content (AvgIpc) is 2.72. The van der Waals surface area contributed by atoms with Gasteiger partial charge in [-0.3, -0.25) is 14.9 Å². The van der Waals surface area contributed by atoms with E-state index in [0.717, 1.165) is 18.2 Å². The smallest absolute Gasteiger partial charge is 0.434 e. The van der Waals surface area contributed by atoms with Crippen LogP contribution in [0.3, 0.4) is 0 Å². The number of alkyl halides is 5. The van der Waals surface area contributed by atoms with E-state index in [1.165, 1.54) is 23.5 Å². The van der Waals surface area contributed by atoms with Crippen LogP contribution in [0, 0.1) is 16.0 Å². The quantitative estimate of drug-likeness (QED) is 0.254. The van der Waals surface area contributed by atoms with Gasteiger partial charge in [-0.2, -0.15) is 22.0 Å². The van der Waals surface area contributed by atoms with Crippen molar-refractivity contribution in [3.05, 3.63) is 69.8 Å². The third-order valence-corrected chi connectivity index (χ3v) is 4.90. The van der Waals surface area contributed by atoms with Crippen LogP contribution in [0.5, 0.6) is 5.75 Å². The topological polar surface area (TPSA) is 131 Å². The highest BCUT2D eigenvalue weighted by Crippen LogP contribution is 2.46. The molecule has 0 bridgehead atoms. The summed E-state index contributed by atoms with van der Waals surface area (Å²) in [6, 6.07) is 4.63. The number of carbonyl (C=O) groups excluding carboxylic acids is 2. The lowest BCUT2D eigenvalue weighted by Gasteiger charge is -2.45. The molecule has 176 valence electrons. The van der Waals surface area contributed by atoms with Crippen molar-refractivity contribution >= 4 is 17.5 Å². The predicted octanol–water partition coefficient (Wildman–Crippen LogP) is 3.30. The minimum Gasteiger partial charge on any atom is -0.434 e. The Hall–Kier alpha value is -3.81.